The number of halogens is 1. The van der Waals surface area contributed by atoms with E-state index in [9.17, 15) is 9.59 Å². The van der Waals surface area contributed by atoms with Crippen LogP contribution in [0.4, 0.5) is 5.69 Å². The summed E-state index contributed by atoms with van der Waals surface area (Å²) in [5, 5.41) is 21.2. The molecule has 6 heteroatoms. The fourth-order valence-corrected chi connectivity index (χ4v) is 2.78. The number of nitrogens with one attached hydrogen (secondary N) is 1. The number of hydrogen-bond acceptors (Lipinski definition) is 3. The van der Waals surface area contributed by atoms with Gasteiger partial charge >= 0.3 is 5.97 Å². The molecule has 0 aliphatic heterocycles. The van der Waals surface area contributed by atoms with E-state index in [1.165, 1.54) is 6.07 Å². The Balaban J connectivity index is 2.09. The van der Waals surface area contributed by atoms with Crippen LogP contribution in [0, 0.1) is 23.2 Å². The number of carboxylic acid groups (broad SMARTS) is 1. The Hall–Kier alpha value is -2.06. The predicted molar refractivity (Wildman–Crippen MR) is 77.9 cm³/mol. The van der Waals surface area contributed by atoms with E-state index in [1.807, 2.05) is 6.07 Å². The van der Waals surface area contributed by atoms with Crippen LogP contribution in [0.3, 0.4) is 0 Å². The number of carbonyl (C=O) groups excluding carboxylic acids is 1. The maximum atomic E-state index is 12.3. The molecule has 0 heterocycles. The van der Waals surface area contributed by atoms with Gasteiger partial charge in [-0.05, 0) is 37.5 Å². The topological polar surface area (TPSA) is 90.2 Å². The molecule has 2 atom stereocenters. The van der Waals surface area contributed by atoms with Crippen LogP contribution in [-0.2, 0) is 9.59 Å². The van der Waals surface area contributed by atoms with Gasteiger partial charge in [0.2, 0.25) is 5.91 Å². The predicted octanol–water partition coefficient (Wildman–Crippen LogP) is 3.04. The first-order chi connectivity index (χ1) is 10.0. The number of aliphatic carboxylic acids is 1. The lowest BCUT2D eigenvalue weighted by molar-refractivity contribution is -0.143. The van der Waals surface area contributed by atoms with Crippen LogP contribution in [0.5, 0.6) is 0 Å². The van der Waals surface area contributed by atoms with E-state index in [0.29, 0.717) is 35.5 Å². The van der Waals surface area contributed by atoms with Crippen LogP contribution in [0.2, 0.25) is 5.02 Å². The zero-order chi connectivity index (χ0) is 15.4. The molecule has 1 aliphatic rings. The molecule has 1 saturated carbocycles. The number of amides is 1. The summed E-state index contributed by atoms with van der Waals surface area (Å²) in [6.07, 6.45) is 2.33. The fourth-order valence-electron chi connectivity index (χ4n) is 2.60. The molecule has 1 aliphatic carbocycles. The van der Waals surface area contributed by atoms with Crippen LogP contribution >= 0.6 is 11.6 Å². The minimum absolute atomic E-state index is 0.250. The average Bonchev–Trinajstić information content (AvgIpc) is 2.47. The Morgan fingerprint density at radius 2 is 2.05 bits per heavy atom. The molecule has 0 bridgehead atoms. The van der Waals surface area contributed by atoms with Crippen molar-refractivity contribution in [1.29, 1.82) is 5.26 Å². The molecule has 1 aromatic rings. The molecule has 21 heavy (non-hydrogen) atoms. The van der Waals surface area contributed by atoms with Crippen molar-refractivity contribution in [3.05, 3.63) is 28.8 Å². The van der Waals surface area contributed by atoms with E-state index in [4.69, 9.17) is 22.0 Å². The lowest BCUT2D eigenvalue weighted by Crippen LogP contribution is -2.31. The smallest absolute Gasteiger partial charge is 0.306 e. The van der Waals surface area contributed by atoms with Crippen LogP contribution in [0.15, 0.2) is 18.2 Å². The summed E-state index contributed by atoms with van der Waals surface area (Å²) in [5.41, 5.74) is 0.700. The third kappa shape index (κ3) is 3.73. The molecule has 0 spiro atoms. The lowest BCUT2D eigenvalue weighted by Gasteiger charge is -2.25. The van der Waals surface area contributed by atoms with Crippen LogP contribution in [0.1, 0.15) is 31.2 Å². The van der Waals surface area contributed by atoms with Crippen molar-refractivity contribution in [1.82, 2.24) is 0 Å². The second-order valence-electron chi connectivity index (χ2n) is 5.19. The first-order valence-electron chi connectivity index (χ1n) is 6.74. The second kappa shape index (κ2) is 6.59. The highest BCUT2D eigenvalue weighted by Crippen LogP contribution is 2.30. The Bertz CT molecular complexity index is 609. The summed E-state index contributed by atoms with van der Waals surface area (Å²) in [6.45, 7) is 0. The van der Waals surface area contributed by atoms with Crippen molar-refractivity contribution in [3.63, 3.8) is 0 Å². The van der Waals surface area contributed by atoms with E-state index in [1.54, 1.807) is 12.1 Å². The van der Waals surface area contributed by atoms with Crippen LogP contribution in [0.25, 0.3) is 0 Å². The molecule has 0 saturated heterocycles. The number of anilines is 1. The van der Waals surface area contributed by atoms with Crippen molar-refractivity contribution >= 4 is 29.2 Å². The molecule has 1 amide bonds. The van der Waals surface area contributed by atoms with Gasteiger partial charge in [0, 0.05) is 10.9 Å². The highest BCUT2D eigenvalue weighted by molar-refractivity contribution is 6.31. The quantitative estimate of drug-likeness (QED) is 0.898. The van der Waals surface area contributed by atoms with E-state index in [-0.39, 0.29) is 11.8 Å². The van der Waals surface area contributed by atoms with Crippen molar-refractivity contribution in [2.75, 3.05) is 5.32 Å². The molecule has 0 aromatic heterocycles. The van der Waals surface area contributed by atoms with E-state index >= 15 is 0 Å². The zero-order valence-electron chi connectivity index (χ0n) is 11.3. The average molecular weight is 307 g/mol. The summed E-state index contributed by atoms with van der Waals surface area (Å²) < 4.78 is 0. The number of carbonyl (C=O) groups is 2. The van der Waals surface area contributed by atoms with Gasteiger partial charge in [-0.2, -0.15) is 5.26 Å². The molecule has 5 nitrogen and oxygen atoms in total. The van der Waals surface area contributed by atoms with Crippen LogP contribution < -0.4 is 5.32 Å². The first-order valence-corrected chi connectivity index (χ1v) is 7.12. The molecule has 2 unspecified atom stereocenters. The van der Waals surface area contributed by atoms with Gasteiger partial charge in [-0.1, -0.05) is 18.0 Å². The van der Waals surface area contributed by atoms with Gasteiger partial charge in [-0.3, -0.25) is 9.59 Å². The fraction of sp³-hybridized carbons (Fsp3) is 0.400. The van der Waals surface area contributed by atoms with Gasteiger partial charge in [-0.25, -0.2) is 0 Å². The summed E-state index contributed by atoms with van der Waals surface area (Å²) in [7, 11) is 0. The number of carboxylic acids is 1. The molecular formula is C15H15ClN2O3. The van der Waals surface area contributed by atoms with Gasteiger partial charge in [-0.15, -0.1) is 0 Å². The number of nitrogens with zero attached hydrogens (tertiary/aromatic N) is 1. The number of benzene rings is 1. The number of hydrogen-bond donors (Lipinski definition) is 2. The van der Waals surface area contributed by atoms with E-state index in [0.717, 1.165) is 6.42 Å². The first kappa shape index (κ1) is 15.3. The Morgan fingerprint density at radius 3 is 2.71 bits per heavy atom. The van der Waals surface area contributed by atoms with Gasteiger partial charge in [0.15, 0.2) is 0 Å². The number of rotatable bonds is 3. The summed E-state index contributed by atoms with van der Waals surface area (Å²) in [4.78, 5) is 23.3. The third-order valence-electron chi connectivity index (χ3n) is 3.75. The highest BCUT2D eigenvalue weighted by Gasteiger charge is 2.31. The minimum Gasteiger partial charge on any atom is -0.481 e. The number of nitriles is 1. The van der Waals surface area contributed by atoms with Crippen molar-refractivity contribution < 1.29 is 14.7 Å². The zero-order valence-corrected chi connectivity index (χ0v) is 12.1. The van der Waals surface area contributed by atoms with E-state index < -0.39 is 11.9 Å². The Labute approximate surface area is 127 Å². The van der Waals surface area contributed by atoms with Crippen molar-refractivity contribution in [2.24, 2.45) is 11.8 Å². The maximum absolute atomic E-state index is 12.3. The molecule has 110 valence electrons. The Morgan fingerprint density at radius 1 is 1.33 bits per heavy atom. The summed E-state index contributed by atoms with van der Waals surface area (Å²) in [5.74, 6) is -1.91. The minimum atomic E-state index is -0.854. The van der Waals surface area contributed by atoms with Gasteiger partial charge in [0.1, 0.15) is 6.07 Å². The molecule has 0 radical (unpaired) electrons. The molecule has 1 aromatic carbocycles. The van der Waals surface area contributed by atoms with Gasteiger partial charge in [0.25, 0.3) is 0 Å². The molecule has 2 N–H and O–H groups in total. The van der Waals surface area contributed by atoms with Gasteiger partial charge in [0.05, 0.1) is 17.2 Å². The normalized spacial score (nSPS) is 21.3. The van der Waals surface area contributed by atoms with Crippen LogP contribution in [-0.4, -0.2) is 17.0 Å². The largest absolute Gasteiger partial charge is 0.481 e. The molecule has 2 rings (SSSR count). The lowest BCUT2D eigenvalue weighted by atomic mass is 9.81. The SMILES string of the molecule is N#Cc1ccc(Cl)cc1NC(=O)C1CCCC(C(=O)O)C1. The standard InChI is InChI=1S/C15H15ClN2O3/c16-12-5-4-11(8-17)13(7-12)18-14(19)9-2-1-3-10(6-9)15(20)21/h4-5,7,9-10H,1-3,6H2,(H,18,19)(H,20,21). The molecular weight excluding hydrogens is 292 g/mol. The second-order valence-corrected chi connectivity index (χ2v) is 5.63. The highest BCUT2D eigenvalue weighted by atomic mass is 35.5. The Kier molecular flexibility index (Phi) is 4.81. The van der Waals surface area contributed by atoms with Crippen molar-refractivity contribution in [2.45, 2.75) is 25.7 Å². The maximum Gasteiger partial charge on any atom is 0.306 e. The summed E-state index contributed by atoms with van der Waals surface area (Å²) in [6, 6.07) is 6.63. The van der Waals surface area contributed by atoms with Crippen molar-refractivity contribution in [3.8, 4) is 6.07 Å². The van der Waals surface area contributed by atoms with E-state index in [2.05, 4.69) is 5.32 Å². The monoisotopic (exact) mass is 306 g/mol. The molecule has 1 fully saturated rings. The third-order valence-corrected chi connectivity index (χ3v) is 3.99. The van der Waals surface area contributed by atoms with Gasteiger partial charge < -0.3 is 10.4 Å². The summed E-state index contributed by atoms with van der Waals surface area (Å²) >= 11 is 5.87.